The van der Waals surface area contributed by atoms with E-state index in [0.717, 1.165) is 48.6 Å². The predicted octanol–water partition coefficient (Wildman–Crippen LogP) is 4.82. The molecule has 1 atom stereocenters. The number of nitrogens with zero attached hydrogens (tertiary/aromatic N) is 2. The van der Waals surface area contributed by atoms with Crippen molar-refractivity contribution in [2.45, 2.75) is 46.5 Å². The van der Waals surface area contributed by atoms with Crippen LogP contribution >= 0.6 is 0 Å². The number of benzene rings is 1. The number of rotatable bonds is 3. The molecular weight excluding hydrogens is 336 g/mol. The molecule has 0 bridgehead atoms. The standard InChI is InChI=1S/C23H30N2O2/c1-16-13-19(17-8-10-20(27-5)11-9-17)14-21(24-16)18-7-6-12-25(15-18)22(26)23(2,3)4/h8-11,13-14,18H,6-7,12,15H2,1-5H3. The Bertz CT molecular complexity index is 806. The lowest BCUT2D eigenvalue weighted by Crippen LogP contribution is -2.44. The minimum absolute atomic E-state index is 0.232. The van der Waals surface area contributed by atoms with Crippen LogP contribution in [-0.2, 0) is 4.79 Å². The fraction of sp³-hybridized carbons (Fsp3) is 0.478. The molecule has 4 nitrogen and oxygen atoms in total. The lowest BCUT2D eigenvalue weighted by molar-refractivity contribution is -0.140. The zero-order valence-electron chi connectivity index (χ0n) is 17.1. The van der Waals surface area contributed by atoms with Gasteiger partial charge in [-0.1, -0.05) is 32.9 Å². The fourth-order valence-electron chi connectivity index (χ4n) is 3.73. The van der Waals surface area contributed by atoms with Gasteiger partial charge < -0.3 is 9.64 Å². The summed E-state index contributed by atoms with van der Waals surface area (Å²) in [5, 5.41) is 0. The van der Waals surface area contributed by atoms with Crippen molar-refractivity contribution in [2.75, 3.05) is 20.2 Å². The molecule has 3 rings (SSSR count). The second kappa shape index (κ2) is 7.71. The summed E-state index contributed by atoms with van der Waals surface area (Å²) in [5.74, 6) is 1.38. The Hall–Kier alpha value is -2.36. The molecule has 1 unspecified atom stereocenters. The molecule has 1 fully saturated rings. The summed E-state index contributed by atoms with van der Waals surface area (Å²) in [6, 6.07) is 12.4. The molecule has 1 aromatic carbocycles. The van der Waals surface area contributed by atoms with Crippen LogP contribution in [0.25, 0.3) is 11.1 Å². The van der Waals surface area contributed by atoms with Crippen LogP contribution in [0.1, 0.15) is 50.9 Å². The number of amides is 1. The topological polar surface area (TPSA) is 42.4 Å². The zero-order chi connectivity index (χ0) is 19.6. The maximum absolute atomic E-state index is 12.7. The molecule has 1 amide bonds. The van der Waals surface area contributed by atoms with Gasteiger partial charge in [-0.15, -0.1) is 0 Å². The van der Waals surface area contributed by atoms with Gasteiger partial charge in [0.2, 0.25) is 5.91 Å². The third-order valence-corrected chi connectivity index (χ3v) is 5.17. The van der Waals surface area contributed by atoms with E-state index < -0.39 is 0 Å². The Kier molecular flexibility index (Phi) is 5.54. The van der Waals surface area contributed by atoms with Crippen LogP contribution in [0.15, 0.2) is 36.4 Å². The summed E-state index contributed by atoms with van der Waals surface area (Å²) in [7, 11) is 1.68. The van der Waals surface area contributed by atoms with E-state index in [-0.39, 0.29) is 11.3 Å². The van der Waals surface area contributed by atoms with Crippen LogP contribution in [0.4, 0.5) is 0 Å². The fourth-order valence-corrected chi connectivity index (χ4v) is 3.73. The molecule has 1 aliphatic heterocycles. The SMILES string of the molecule is COc1ccc(-c2cc(C)nc(C3CCCN(C(=O)C(C)(C)C)C3)c2)cc1. The maximum Gasteiger partial charge on any atom is 0.227 e. The summed E-state index contributed by atoms with van der Waals surface area (Å²) >= 11 is 0. The van der Waals surface area contributed by atoms with Crippen molar-refractivity contribution in [3.63, 3.8) is 0 Å². The Morgan fingerprint density at radius 1 is 1.15 bits per heavy atom. The van der Waals surface area contributed by atoms with Gasteiger partial charge in [-0.2, -0.15) is 0 Å². The molecule has 0 radical (unpaired) electrons. The molecule has 0 aliphatic carbocycles. The van der Waals surface area contributed by atoms with E-state index in [9.17, 15) is 4.79 Å². The number of likely N-dealkylation sites (tertiary alicyclic amines) is 1. The van der Waals surface area contributed by atoms with E-state index in [1.54, 1.807) is 7.11 Å². The smallest absolute Gasteiger partial charge is 0.227 e. The van der Waals surface area contributed by atoms with Crippen molar-refractivity contribution in [1.82, 2.24) is 9.88 Å². The third kappa shape index (κ3) is 4.49. The van der Waals surface area contributed by atoms with E-state index >= 15 is 0 Å². The molecular formula is C23H30N2O2. The zero-order valence-corrected chi connectivity index (χ0v) is 17.1. The van der Waals surface area contributed by atoms with Crippen LogP contribution in [0, 0.1) is 12.3 Å². The molecule has 2 heterocycles. The summed E-state index contributed by atoms with van der Waals surface area (Å²) in [6.45, 7) is 9.62. The number of methoxy groups -OCH3 is 1. The summed E-state index contributed by atoms with van der Waals surface area (Å²) in [5.41, 5.74) is 4.08. The van der Waals surface area contributed by atoms with Gasteiger partial charge in [-0.25, -0.2) is 0 Å². The van der Waals surface area contributed by atoms with Gasteiger partial charge in [0, 0.05) is 35.8 Å². The third-order valence-electron chi connectivity index (χ3n) is 5.17. The Morgan fingerprint density at radius 3 is 2.48 bits per heavy atom. The number of aryl methyl sites for hydroxylation is 1. The molecule has 1 saturated heterocycles. The van der Waals surface area contributed by atoms with Crippen molar-refractivity contribution >= 4 is 5.91 Å². The molecule has 144 valence electrons. The van der Waals surface area contributed by atoms with E-state index in [0.29, 0.717) is 5.92 Å². The van der Waals surface area contributed by atoms with Crippen molar-refractivity contribution in [3.05, 3.63) is 47.8 Å². The minimum atomic E-state index is -0.337. The second-order valence-corrected chi connectivity index (χ2v) is 8.49. The van der Waals surface area contributed by atoms with Crippen LogP contribution < -0.4 is 4.74 Å². The van der Waals surface area contributed by atoms with Crippen molar-refractivity contribution in [3.8, 4) is 16.9 Å². The predicted molar refractivity (Wildman–Crippen MR) is 109 cm³/mol. The van der Waals surface area contributed by atoms with Gasteiger partial charge in [0.05, 0.1) is 7.11 Å². The first kappa shape index (κ1) is 19.4. The Morgan fingerprint density at radius 2 is 1.85 bits per heavy atom. The highest BCUT2D eigenvalue weighted by Gasteiger charge is 2.32. The second-order valence-electron chi connectivity index (χ2n) is 8.49. The van der Waals surface area contributed by atoms with Gasteiger partial charge >= 0.3 is 0 Å². The highest BCUT2D eigenvalue weighted by molar-refractivity contribution is 5.81. The van der Waals surface area contributed by atoms with Crippen LogP contribution in [0.2, 0.25) is 0 Å². The number of carbonyl (C=O) groups excluding carboxylic acids is 1. The molecule has 27 heavy (non-hydrogen) atoms. The van der Waals surface area contributed by atoms with Crippen molar-refractivity contribution in [2.24, 2.45) is 5.41 Å². The van der Waals surface area contributed by atoms with Gasteiger partial charge in [0.15, 0.2) is 0 Å². The molecule has 2 aromatic rings. The molecule has 0 spiro atoms. The number of hydrogen-bond acceptors (Lipinski definition) is 3. The van der Waals surface area contributed by atoms with Crippen molar-refractivity contribution < 1.29 is 9.53 Å². The first-order valence-corrected chi connectivity index (χ1v) is 9.70. The molecule has 1 aromatic heterocycles. The normalized spacial score (nSPS) is 17.7. The lowest BCUT2D eigenvalue weighted by atomic mass is 9.89. The first-order valence-electron chi connectivity index (χ1n) is 9.70. The van der Waals surface area contributed by atoms with Gasteiger partial charge in [-0.3, -0.25) is 9.78 Å². The number of pyridine rings is 1. The molecule has 4 heteroatoms. The average Bonchev–Trinajstić information content (AvgIpc) is 2.66. The van der Waals surface area contributed by atoms with Gasteiger partial charge in [0.25, 0.3) is 0 Å². The van der Waals surface area contributed by atoms with E-state index in [1.807, 2.05) is 44.7 Å². The number of carbonyl (C=O) groups is 1. The van der Waals surface area contributed by atoms with E-state index in [2.05, 4.69) is 24.3 Å². The first-order chi connectivity index (χ1) is 12.8. The highest BCUT2D eigenvalue weighted by Crippen LogP contribution is 2.31. The quantitative estimate of drug-likeness (QED) is 0.782. The summed E-state index contributed by atoms with van der Waals surface area (Å²) in [4.78, 5) is 19.5. The van der Waals surface area contributed by atoms with Crippen LogP contribution in [0.3, 0.4) is 0 Å². The van der Waals surface area contributed by atoms with Gasteiger partial charge in [0.1, 0.15) is 5.75 Å². The number of ether oxygens (including phenoxy) is 1. The van der Waals surface area contributed by atoms with E-state index in [4.69, 9.17) is 9.72 Å². The van der Waals surface area contributed by atoms with Gasteiger partial charge in [-0.05, 0) is 55.2 Å². The van der Waals surface area contributed by atoms with E-state index in [1.165, 1.54) is 5.56 Å². The summed E-state index contributed by atoms with van der Waals surface area (Å²) in [6.07, 6.45) is 2.10. The Balaban J connectivity index is 1.86. The molecule has 0 saturated carbocycles. The highest BCUT2D eigenvalue weighted by atomic mass is 16.5. The largest absolute Gasteiger partial charge is 0.497 e. The van der Waals surface area contributed by atoms with Crippen LogP contribution in [0.5, 0.6) is 5.75 Å². The molecule has 0 N–H and O–H groups in total. The number of aromatic nitrogens is 1. The van der Waals surface area contributed by atoms with Crippen molar-refractivity contribution in [1.29, 1.82) is 0 Å². The average molecular weight is 367 g/mol. The number of piperidine rings is 1. The minimum Gasteiger partial charge on any atom is -0.497 e. The Labute approximate surface area is 162 Å². The maximum atomic E-state index is 12.7. The monoisotopic (exact) mass is 366 g/mol. The number of hydrogen-bond donors (Lipinski definition) is 0. The van der Waals surface area contributed by atoms with Crippen LogP contribution in [-0.4, -0.2) is 36.0 Å². The summed E-state index contributed by atoms with van der Waals surface area (Å²) < 4.78 is 5.26. The molecule has 1 aliphatic rings. The lowest BCUT2D eigenvalue weighted by Gasteiger charge is -2.36.